The zero-order valence-electron chi connectivity index (χ0n) is 14.9. The number of terminal acetylenes is 1. The summed E-state index contributed by atoms with van der Waals surface area (Å²) in [4.78, 5) is 14.9. The lowest BCUT2D eigenvalue weighted by Crippen LogP contribution is -2.56. The first-order valence-corrected chi connectivity index (χ1v) is 9.38. The van der Waals surface area contributed by atoms with Crippen LogP contribution in [0.2, 0.25) is 0 Å². The molecule has 0 aromatic heterocycles. The summed E-state index contributed by atoms with van der Waals surface area (Å²) in [5.74, 6) is 3.95. The second kappa shape index (κ2) is 7.35. The number of carbonyl (C=O) groups excluding carboxylic acids is 1. The highest BCUT2D eigenvalue weighted by atomic mass is 16.1. The third kappa shape index (κ3) is 3.38. The summed E-state index contributed by atoms with van der Waals surface area (Å²) in [6, 6.07) is 18.4. The van der Waals surface area contributed by atoms with E-state index >= 15 is 0 Å². The normalized spacial score (nSPS) is 26.9. The van der Waals surface area contributed by atoms with Crippen molar-refractivity contribution >= 4 is 5.91 Å². The molecule has 2 aromatic rings. The molecule has 1 unspecified atom stereocenters. The number of carbonyl (C=O) groups is 1. The van der Waals surface area contributed by atoms with Crippen LogP contribution in [0.25, 0.3) is 11.1 Å². The van der Waals surface area contributed by atoms with Crippen molar-refractivity contribution in [1.82, 2.24) is 10.2 Å². The molecule has 1 amide bonds. The van der Waals surface area contributed by atoms with Gasteiger partial charge >= 0.3 is 0 Å². The number of benzene rings is 2. The highest BCUT2D eigenvalue weighted by Crippen LogP contribution is 2.35. The highest BCUT2D eigenvalue weighted by Gasteiger charge is 2.39. The number of hydrogen-bond acceptors (Lipinski definition) is 2. The molecule has 3 fully saturated rings. The predicted molar refractivity (Wildman–Crippen MR) is 105 cm³/mol. The SMILES string of the molecule is C#C[C@@H]1CN2CC[C@H]1C[C@@H]2CNC(=O)c1ccc(-c2ccccc2)cc1. The van der Waals surface area contributed by atoms with E-state index in [9.17, 15) is 4.79 Å². The molecule has 26 heavy (non-hydrogen) atoms. The Balaban J connectivity index is 1.35. The van der Waals surface area contributed by atoms with Crippen LogP contribution in [0.5, 0.6) is 0 Å². The van der Waals surface area contributed by atoms with Crippen molar-refractivity contribution in [3.05, 3.63) is 60.2 Å². The van der Waals surface area contributed by atoms with Crippen molar-refractivity contribution < 1.29 is 4.79 Å². The third-order valence-electron chi connectivity index (χ3n) is 5.85. The lowest BCUT2D eigenvalue weighted by molar-refractivity contribution is 0.0227. The number of fused-ring (bicyclic) bond motifs is 3. The predicted octanol–water partition coefficient (Wildman–Crippen LogP) is 3.43. The Labute approximate surface area is 155 Å². The van der Waals surface area contributed by atoms with E-state index in [1.165, 1.54) is 6.42 Å². The molecule has 3 aliphatic rings. The van der Waals surface area contributed by atoms with Crippen molar-refractivity contribution in [3.63, 3.8) is 0 Å². The van der Waals surface area contributed by atoms with Gasteiger partial charge in [-0.25, -0.2) is 0 Å². The Kier molecular flexibility index (Phi) is 4.77. The molecular weight excluding hydrogens is 320 g/mol. The number of hydrogen-bond donors (Lipinski definition) is 1. The van der Waals surface area contributed by atoms with E-state index in [2.05, 4.69) is 28.3 Å². The molecule has 5 rings (SSSR count). The van der Waals surface area contributed by atoms with E-state index in [0.29, 0.717) is 30.0 Å². The lowest BCUT2D eigenvalue weighted by Gasteiger charge is -2.48. The Bertz CT molecular complexity index is 806. The molecule has 132 valence electrons. The van der Waals surface area contributed by atoms with Crippen LogP contribution in [-0.4, -0.2) is 36.5 Å². The molecule has 0 aliphatic carbocycles. The molecule has 3 heterocycles. The van der Waals surface area contributed by atoms with Crippen LogP contribution in [0, 0.1) is 24.2 Å². The van der Waals surface area contributed by atoms with Gasteiger partial charge in [0, 0.05) is 30.6 Å². The van der Waals surface area contributed by atoms with Gasteiger partial charge in [0.05, 0.1) is 0 Å². The number of rotatable bonds is 4. The van der Waals surface area contributed by atoms with E-state index < -0.39 is 0 Å². The second-order valence-corrected chi connectivity index (χ2v) is 7.36. The van der Waals surface area contributed by atoms with E-state index in [4.69, 9.17) is 6.42 Å². The average molecular weight is 344 g/mol. The Morgan fingerprint density at radius 3 is 2.50 bits per heavy atom. The van der Waals surface area contributed by atoms with E-state index in [1.807, 2.05) is 42.5 Å². The van der Waals surface area contributed by atoms with Crippen molar-refractivity contribution in [2.24, 2.45) is 11.8 Å². The molecule has 3 saturated heterocycles. The zero-order chi connectivity index (χ0) is 17.9. The number of nitrogens with zero attached hydrogens (tertiary/aromatic N) is 1. The van der Waals surface area contributed by atoms with Crippen LogP contribution in [0.4, 0.5) is 0 Å². The fourth-order valence-corrected chi connectivity index (χ4v) is 4.30. The van der Waals surface area contributed by atoms with Crippen LogP contribution >= 0.6 is 0 Å². The van der Waals surface area contributed by atoms with Gasteiger partial charge in [0.2, 0.25) is 0 Å². The summed E-state index contributed by atoms with van der Waals surface area (Å²) in [5.41, 5.74) is 2.99. The first kappa shape index (κ1) is 16.9. The Hall–Kier alpha value is -2.57. The average Bonchev–Trinajstić information content (AvgIpc) is 2.73. The first-order chi connectivity index (χ1) is 12.7. The maximum Gasteiger partial charge on any atom is 0.251 e. The summed E-state index contributed by atoms with van der Waals surface area (Å²) in [6.45, 7) is 2.79. The molecule has 3 nitrogen and oxygen atoms in total. The monoisotopic (exact) mass is 344 g/mol. The topological polar surface area (TPSA) is 32.3 Å². The standard InChI is InChI=1S/C23H24N2O/c1-2-17-16-25-13-12-21(17)14-22(25)15-24-23(26)20-10-8-19(9-11-20)18-6-4-3-5-7-18/h1,3-11,17,21-22H,12-16H2,(H,24,26)/t17-,21+,22-/m1/s1. The van der Waals surface area contributed by atoms with E-state index in [-0.39, 0.29) is 5.91 Å². The fraction of sp³-hybridized carbons (Fsp3) is 0.348. The van der Waals surface area contributed by atoms with Gasteiger partial charge in [0.15, 0.2) is 0 Å². The van der Waals surface area contributed by atoms with E-state index in [0.717, 1.165) is 30.6 Å². The summed E-state index contributed by atoms with van der Waals surface area (Å²) in [7, 11) is 0. The van der Waals surface area contributed by atoms with Gasteiger partial charge in [-0.05, 0) is 48.6 Å². The van der Waals surface area contributed by atoms with Crippen LogP contribution in [0.3, 0.4) is 0 Å². The smallest absolute Gasteiger partial charge is 0.251 e. The van der Waals surface area contributed by atoms with Crippen molar-refractivity contribution in [3.8, 4) is 23.5 Å². The zero-order valence-corrected chi connectivity index (χ0v) is 14.9. The Morgan fingerprint density at radius 1 is 1.12 bits per heavy atom. The molecule has 4 atom stereocenters. The minimum absolute atomic E-state index is 0.000702. The quantitative estimate of drug-likeness (QED) is 0.862. The number of amides is 1. The van der Waals surface area contributed by atoms with Crippen LogP contribution in [0.1, 0.15) is 23.2 Å². The molecule has 2 aromatic carbocycles. The van der Waals surface area contributed by atoms with Gasteiger partial charge in [-0.1, -0.05) is 42.5 Å². The number of piperidine rings is 3. The summed E-state index contributed by atoms with van der Waals surface area (Å²) >= 11 is 0. The first-order valence-electron chi connectivity index (χ1n) is 9.38. The van der Waals surface area contributed by atoms with Gasteiger partial charge in [-0.3, -0.25) is 9.69 Å². The van der Waals surface area contributed by atoms with E-state index in [1.54, 1.807) is 0 Å². The number of nitrogens with one attached hydrogen (secondary N) is 1. The van der Waals surface area contributed by atoms with Crippen molar-refractivity contribution in [1.29, 1.82) is 0 Å². The van der Waals surface area contributed by atoms with Gasteiger partial charge in [-0.2, -0.15) is 0 Å². The molecular formula is C23H24N2O. The second-order valence-electron chi connectivity index (χ2n) is 7.36. The molecule has 0 radical (unpaired) electrons. The minimum Gasteiger partial charge on any atom is -0.350 e. The van der Waals surface area contributed by atoms with Crippen LogP contribution < -0.4 is 5.32 Å². The molecule has 0 spiro atoms. The summed E-state index contributed by atoms with van der Waals surface area (Å²) in [6.07, 6.45) is 7.94. The minimum atomic E-state index is 0.000702. The van der Waals surface area contributed by atoms with Crippen LogP contribution in [0.15, 0.2) is 54.6 Å². The maximum atomic E-state index is 12.5. The van der Waals surface area contributed by atoms with Gasteiger partial charge in [-0.15, -0.1) is 12.3 Å². The summed E-state index contributed by atoms with van der Waals surface area (Å²) in [5, 5.41) is 3.11. The van der Waals surface area contributed by atoms with Crippen molar-refractivity contribution in [2.45, 2.75) is 18.9 Å². The molecule has 1 N–H and O–H groups in total. The van der Waals surface area contributed by atoms with Crippen LogP contribution in [-0.2, 0) is 0 Å². The third-order valence-corrected chi connectivity index (χ3v) is 5.85. The van der Waals surface area contributed by atoms with Gasteiger partial charge in [0.25, 0.3) is 5.91 Å². The lowest BCUT2D eigenvalue weighted by atomic mass is 9.76. The molecule has 3 heteroatoms. The van der Waals surface area contributed by atoms with Gasteiger partial charge in [0.1, 0.15) is 0 Å². The van der Waals surface area contributed by atoms with Crippen molar-refractivity contribution in [2.75, 3.05) is 19.6 Å². The van der Waals surface area contributed by atoms with Gasteiger partial charge < -0.3 is 5.32 Å². The largest absolute Gasteiger partial charge is 0.350 e. The summed E-state index contributed by atoms with van der Waals surface area (Å²) < 4.78 is 0. The molecule has 0 saturated carbocycles. The Morgan fingerprint density at radius 2 is 1.85 bits per heavy atom. The fourth-order valence-electron chi connectivity index (χ4n) is 4.30. The molecule has 2 bridgehead atoms. The highest BCUT2D eigenvalue weighted by molar-refractivity contribution is 5.94. The molecule has 3 aliphatic heterocycles. The maximum absolute atomic E-state index is 12.5.